The van der Waals surface area contributed by atoms with E-state index in [-0.39, 0.29) is 5.56 Å². The second kappa shape index (κ2) is 5.95. The van der Waals surface area contributed by atoms with Crippen LogP contribution in [-0.2, 0) is 15.1 Å². The molecule has 3 nitrogen and oxygen atoms in total. The maximum absolute atomic E-state index is 14.1. The molecule has 0 aliphatic heterocycles. The van der Waals surface area contributed by atoms with Crippen LogP contribution in [-0.4, -0.2) is 13.1 Å². The van der Waals surface area contributed by atoms with E-state index in [1.165, 1.54) is 13.2 Å². The van der Waals surface area contributed by atoms with E-state index in [9.17, 15) is 9.18 Å². The van der Waals surface area contributed by atoms with Gasteiger partial charge in [-0.15, -0.1) is 0 Å². The number of anilines is 1. The Kier molecular flexibility index (Phi) is 4.26. The second-order valence-corrected chi connectivity index (χ2v) is 5.04. The van der Waals surface area contributed by atoms with Crippen molar-refractivity contribution in [3.05, 3.63) is 65.5 Å². The van der Waals surface area contributed by atoms with Crippen molar-refractivity contribution in [2.45, 2.75) is 19.4 Å². The number of nitrogens with one attached hydrogen (secondary N) is 1. The molecule has 0 aromatic heterocycles. The first-order valence-electron chi connectivity index (χ1n) is 6.66. The summed E-state index contributed by atoms with van der Waals surface area (Å²) in [6, 6.07) is 13.7. The fraction of sp³-hybridized carbons (Fsp3) is 0.235. The molecule has 1 atom stereocenters. The minimum absolute atomic E-state index is 0.250. The summed E-state index contributed by atoms with van der Waals surface area (Å²) < 4.78 is 19.0. The van der Waals surface area contributed by atoms with Crippen molar-refractivity contribution < 1.29 is 13.9 Å². The number of rotatable bonds is 4. The molecule has 0 saturated heterocycles. The van der Waals surface area contributed by atoms with Gasteiger partial charge in [0.15, 0.2) is 5.54 Å². The van der Waals surface area contributed by atoms with E-state index in [0.29, 0.717) is 0 Å². The lowest BCUT2D eigenvalue weighted by molar-refractivity contribution is -0.145. The zero-order chi connectivity index (χ0) is 15.5. The smallest absolute Gasteiger partial charge is 0.336 e. The normalized spacial score (nSPS) is 13.3. The van der Waals surface area contributed by atoms with Gasteiger partial charge in [0, 0.05) is 11.3 Å². The van der Waals surface area contributed by atoms with E-state index < -0.39 is 17.3 Å². The maximum Gasteiger partial charge on any atom is 0.336 e. The number of carbonyl (C=O) groups is 1. The number of halogens is 1. The topological polar surface area (TPSA) is 38.3 Å². The highest BCUT2D eigenvalue weighted by molar-refractivity contribution is 5.86. The lowest BCUT2D eigenvalue weighted by Crippen LogP contribution is -2.42. The summed E-state index contributed by atoms with van der Waals surface area (Å²) >= 11 is 0. The van der Waals surface area contributed by atoms with Crippen LogP contribution in [0.3, 0.4) is 0 Å². The summed E-state index contributed by atoms with van der Waals surface area (Å²) in [6.07, 6.45) is 0. The zero-order valence-electron chi connectivity index (χ0n) is 12.3. The Morgan fingerprint density at radius 3 is 2.38 bits per heavy atom. The zero-order valence-corrected chi connectivity index (χ0v) is 12.3. The number of hydrogen-bond acceptors (Lipinski definition) is 3. The largest absolute Gasteiger partial charge is 0.467 e. The molecule has 0 aliphatic carbocycles. The Morgan fingerprint density at radius 1 is 1.14 bits per heavy atom. The van der Waals surface area contributed by atoms with Gasteiger partial charge in [0.25, 0.3) is 0 Å². The average molecular weight is 287 g/mol. The Labute approximate surface area is 123 Å². The van der Waals surface area contributed by atoms with Crippen LogP contribution in [0.25, 0.3) is 0 Å². The molecule has 1 unspecified atom stereocenters. The third kappa shape index (κ3) is 2.89. The van der Waals surface area contributed by atoms with Crippen molar-refractivity contribution in [2.24, 2.45) is 0 Å². The molecule has 1 N–H and O–H groups in total. The van der Waals surface area contributed by atoms with Crippen molar-refractivity contribution in [3.8, 4) is 0 Å². The lowest BCUT2D eigenvalue weighted by atomic mass is 9.90. The Morgan fingerprint density at radius 2 is 1.76 bits per heavy atom. The van der Waals surface area contributed by atoms with Crippen molar-refractivity contribution in [1.82, 2.24) is 0 Å². The van der Waals surface area contributed by atoms with Crippen LogP contribution in [0.4, 0.5) is 10.1 Å². The third-order valence-corrected chi connectivity index (χ3v) is 3.54. The monoisotopic (exact) mass is 287 g/mol. The summed E-state index contributed by atoms with van der Waals surface area (Å²) in [4.78, 5) is 12.3. The summed E-state index contributed by atoms with van der Waals surface area (Å²) in [5, 5.41) is 3.12. The summed E-state index contributed by atoms with van der Waals surface area (Å²) in [5.74, 6) is -0.998. The third-order valence-electron chi connectivity index (χ3n) is 3.54. The minimum atomic E-state index is -1.30. The van der Waals surface area contributed by atoms with Gasteiger partial charge >= 0.3 is 5.97 Å². The first kappa shape index (κ1) is 15.0. The molecule has 2 aromatic rings. The van der Waals surface area contributed by atoms with Crippen LogP contribution in [0, 0.1) is 12.7 Å². The molecule has 110 valence electrons. The molecule has 2 aromatic carbocycles. The first-order chi connectivity index (χ1) is 9.99. The number of carbonyl (C=O) groups excluding carboxylic acids is 1. The van der Waals surface area contributed by atoms with Gasteiger partial charge in [0.2, 0.25) is 0 Å². The molecule has 21 heavy (non-hydrogen) atoms. The molecule has 0 saturated carbocycles. The van der Waals surface area contributed by atoms with E-state index in [1.807, 2.05) is 31.2 Å². The molecule has 0 spiro atoms. The molecule has 4 heteroatoms. The molecule has 0 aliphatic rings. The average Bonchev–Trinajstić information content (AvgIpc) is 2.49. The first-order valence-corrected chi connectivity index (χ1v) is 6.66. The van der Waals surface area contributed by atoms with Gasteiger partial charge in [-0.05, 0) is 31.5 Å². The Hall–Kier alpha value is -2.36. The van der Waals surface area contributed by atoms with E-state index in [1.54, 1.807) is 25.1 Å². The van der Waals surface area contributed by atoms with Gasteiger partial charge in [0.1, 0.15) is 5.82 Å². The van der Waals surface area contributed by atoms with Gasteiger partial charge in [-0.1, -0.05) is 36.4 Å². The highest BCUT2D eigenvalue weighted by Crippen LogP contribution is 2.30. The van der Waals surface area contributed by atoms with Crippen LogP contribution in [0.2, 0.25) is 0 Å². The van der Waals surface area contributed by atoms with Crippen molar-refractivity contribution in [1.29, 1.82) is 0 Å². The van der Waals surface area contributed by atoms with Gasteiger partial charge in [-0.3, -0.25) is 0 Å². The van der Waals surface area contributed by atoms with Gasteiger partial charge in [-0.2, -0.15) is 0 Å². The van der Waals surface area contributed by atoms with Gasteiger partial charge in [0.05, 0.1) is 7.11 Å². The minimum Gasteiger partial charge on any atom is -0.467 e. The Balaban J connectivity index is 2.51. The van der Waals surface area contributed by atoms with Crippen molar-refractivity contribution in [2.75, 3.05) is 12.4 Å². The van der Waals surface area contributed by atoms with Gasteiger partial charge < -0.3 is 10.1 Å². The molecular weight excluding hydrogens is 269 g/mol. The van der Waals surface area contributed by atoms with Crippen LogP contribution in [0.5, 0.6) is 0 Å². The number of para-hydroxylation sites is 1. The van der Waals surface area contributed by atoms with E-state index in [4.69, 9.17) is 4.74 Å². The predicted octanol–water partition coefficient (Wildman–Crippen LogP) is 3.63. The molecule has 0 heterocycles. The van der Waals surface area contributed by atoms with Crippen molar-refractivity contribution in [3.63, 3.8) is 0 Å². The molecule has 0 radical (unpaired) electrons. The van der Waals surface area contributed by atoms with Crippen molar-refractivity contribution >= 4 is 11.7 Å². The lowest BCUT2D eigenvalue weighted by Gasteiger charge is -2.30. The number of benzene rings is 2. The molecule has 0 amide bonds. The molecule has 0 bridgehead atoms. The number of methoxy groups -OCH3 is 1. The number of aryl methyl sites for hydroxylation is 1. The second-order valence-electron chi connectivity index (χ2n) is 5.04. The van der Waals surface area contributed by atoms with E-state index in [2.05, 4.69) is 5.32 Å². The molecule has 0 fully saturated rings. The van der Waals surface area contributed by atoms with Crippen LogP contribution in [0.1, 0.15) is 18.1 Å². The quantitative estimate of drug-likeness (QED) is 0.873. The molecular formula is C17H18FNO2. The van der Waals surface area contributed by atoms with Gasteiger partial charge in [-0.25, -0.2) is 9.18 Å². The fourth-order valence-electron chi connectivity index (χ4n) is 2.28. The van der Waals surface area contributed by atoms with E-state index >= 15 is 0 Å². The standard InChI is InChI=1S/C17H18FNO2/c1-12-8-4-7-11-15(12)19-17(2,16(20)21-3)13-9-5-6-10-14(13)18/h4-11,19H,1-3H3. The highest BCUT2D eigenvalue weighted by Gasteiger charge is 2.38. The summed E-state index contributed by atoms with van der Waals surface area (Å²) in [5.41, 5.74) is 0.671. The summed E-state index contributed by atoms with van der Waals surface area (Å²) in [7, 11) is 1.29. The van der Waals surface area contributed by atoms with E-state index in [0.717, 1.165) is 11.3 Å². The SMILES string of the molecule is COC(=O)C(C)(Nc1ccccc1C)c1ccccc1F. The summed E-state index contributed by atoms with van der Waals surface area (Å²) in [6.45, 7) is 3.53. The number of ether oxygens (including phenoxy) is 1. The molecule has 2 rings (SSSR count). The van der Waals surface area contributed by atoms with Crippen LogP contribution in [0.15, 0.2) is 48.5 Å². The highest BCUT2D eigenvalue weighted by atomic mass is 19.1. The predicted molar refractivity (Wildman–Crippen MR) is 80.6 cm³/mol. The van der Waals surface area contributed by atoms with Crippen LogP contribution >= 0.6 is 0 Å². The fourth-order valence-corrected chi connectivity index (χ4v) is 2.28. The number of hydrogen-bond donors (Lipinski definition) is 1. The number of esters is 1. The van der Waals surface area contributed by atoms with Crippen LogP contribution < -0.4 is 5.32 Å². The Bertz CT molecular complexity index is 657. The maximum atomic E-state index is 14.1.